The van der Waals surface area contributed by atoms with Crippen molar-refractivity contribution in [3.8, 4) is 0 Å². The molecule has 2 rings (SSSR count). The van der Waals surface area contributed by atoms with E-state index in [1.54, 1.807) is 24.1 Å². The summed E-state index contributed by atoms with van der Waals surface area (Å²) in [5, 5.41) is 4.92. The van der Waals surface area contributed by atoms with Gasteiger partial charge in [-0.3, -0.25) is 4.68 Å². The van der Waals surface area contributed by atoms with Gasteiger partial charge in [-0.05, 0) is 17.7 Å². The van der Waals surface area contributed by atoms with E-state index in [0.29, 0.717) is 29.4 Å². The number of methoxy groups -OCH3 is 1. The van der Waals surface area contributed by atoms with Crippen LogP contribution < -0.4 is 5.73 Å². The molecule has 0 amide bonds. The highest BCUT2D eigenvalue weighted by Gasteiger charge is 2.22. The second-order valence-electron chi connectivity index (χ2n) is 3.72. The number of nitrogens with two attached hydrogens (primary N) is 1. The van der Waals surface area contributed by atoms with Crippen molar-refractivity contribution in [3.05, 3.63) is 40.0 Å². The molecular formula is C11H13Cl2N3O2. The van der Waals surface area contributed by atoms with Gasteiger partial charge in [0, 0.05) is 12.7 Å². The third kappa shape index (κ3) is 2.54. The van der Waals surface area contributed by atoms with Crippen molar-refractivity contribution in [2.45, 2.75) is 12.6 Å². The Balaban J connectivity index is 2.32. The highest BCUT2D eigenvalue weighted by molar-refractivity contribution is 6.31. The Morgan fingerprint density at radius 2 is 2.33 bits per heavy atom. The minimum atomic E-state index is -0.483. The third-order valence-electron chi connectivity index (χ3n) is 2.62. The zero-order valence-electron chi connectivity index (χ0n) is 9.77. The molecule has 0 fully saturated rings. The zero-order chi connectivity index (χ0) is 13.1. The van der Waals surface area contributed by atoms with E-state index >= 15 is 0 Å². The Labute approximate surface area is 114 Å². The van der Waals surface area contributed by atoms with Crippen molar-refractivity contribution in [1.82, 2.24) is 9.78 Å². The van der Waals surface area contributed by atoms with E-state index < -0.39 is 6.04 Å². The predicted molar refractivity (Wildman–Crippen MR) is 68.9 cm³/mol. The Kier molecular flexibility index (Phi) is 4.29. The standard InChI is InChI=1S/C11H13Cl2N3O2/c1-17-5-3-16-10(8(12)6-15-16)9(14)7-2-4-18-11(7)13/h2,4,6,9H,3,5,14H2,1H3. The van der Waals surface area contributed by atoms with Gasteiger partial charge in [-0.25, -0.2) is 0 Å². The Morgan fingerprint density at radius 3 is 2.94 bits per heavy atom. The van der Waals surface area contributed by atoms with Crippen LogP contribution in [0.3, 0.4) is 0 Å². The highest BCUT2D eigenvalue weighted by atomic mass is 35.5. The molecule has 5 nitrogen and oxygen atoms in total. The second-order valence-corrected chi connectivity index (χ2v) is 4.47. The molecule has 0 aromatic carbocycles. The lowest BCUT2D eigenvalue weighted by Crippen LogP contribution is -2.19. The largest absolute Gasteiger partial charge is 0.453 e. The van der Waals surface area contributed by atoms with Crippen LogP contribution in [0.5, 0.6) is 0 Å². The summed E-state index contributed by atoms with van der Waals surface area (Å²) in [6.45, 7) is 1.10. The van der Waals surface area contributed by atoms with Gasteiger partial charge in [0.2, 0.25) is 0 Å². The number of hydrogen-bond acceptors (Lipinski definition) is 4. The quantitative estimate of drug-likeness (QED) is 0.918. The molecule has 18 heavy (non-hydrogen) atoms. The van der Waals surface area contributed by atoms with Crippen LogP contribution >= 0.6 is 23.2 Å². The van der Waals surface area contributed by atoms with Crippen molar-refractivity contribution < 1.29 is 9.15 Å². The normalized spacial score (nSPS) is 12.9. The van der Waals surface area contributed by atoms with Gasteiger partial charge >= 0.3 is 0 Å². The number of furan rings is 1. The highest BCUT2D eigenvalue weighted by Crippen LogP contribution is 2.31. The van der Waals surface area contributed by atoms with Gasteiger partial charge in [0.15, 0.2) is 5.22 Å². The lowest BCUT2D eigenvalue weighted by Gasteiger charge is -2.13. The van der Waals surface area contributed by atoms with E-state index in [0.717, 1.165) is 0 Å². The molecule has 0 aliphatic heterocycles. The summed E-state index contributed by atoms with van der Waals surface area (Å²) in [5.41, 5.74) is 7.52. The van der Waals surface area contributed by atoms with Crippen LogP contribution in [-0.2, 0) is 11.3 Å². The lowest BCUT2D eigenvalue weighted by atomic mass is 10.1. The monoisotopic (exact) mass is 289 g/mol. The maximum Gasteiger partial charge on any atom is 0.198 e. The number of rotatable bonds is 5. The van der Waals surface area contributed by atoms with Crippen LogP contribution in [0.25, 0.3) is 0 Å². The van der Waals surface area contributed by atoms with E-state index in [4.69, 9.17) is 38.1 Å². The fourth-order valence-electron chi connectivity index (χ4n) is 1.71. The number of nitrogens with zero attached hydrogens (tertiary/aromatic N) is 2. The molecular weight excluding hydrogens is 277 g/mol. The molecule has 0 aliphatic rings. The van der Waals surface area contributed by atoms with E-state index in [2.05, 4.69) is 5.10 Å². The minimum absolute atomic E-state index is 0.262. The Bertz CT molecular complexity index is 524. The van der Waals surface area contributed by atoms with Gasteiger partial charge in [-0.1, -0.05) is 11.6 Å². The van der Waals surface area contributed by atoms with Crippen molar-refractivity contribution in [2.75, 3.05) is 13.7 Å². The summed E-state index contributed by atoms with van der Waals surface area (Å²) < 4.78 is 11.8. The van der Waals surface area contributed by atoms with Crippen molar-refractivity contribution in [1.29, 1.82) is 0 Å². The van der Waals surface area contributed by atoms with Crippen molar-refractivity contribution in [2.24, 2.45) is 5.73 Å². The summed E-state index contributed by atoms with van der Waals surface area (Å²) in [5.74, 6) is 0. The number of hydrogen-bond donors (Lipinski definition) is 1. The van der Waals surface area contributed by atoms with Crippen LogP contribution in [0.15, 0.2) is 22.9 Å². The predicted octanol–water partition coefficient (Wildman–Crippen LogP) is 2.48. The van der Waals surface area contributed by atoms with E-state index in [9.17, 15) is 0 Å². The zero-order valence-corrected chi connectivity index (χ0v) is 11.3. The Morgan fingerprint density at radius 1 is 1.56 bits per heavy atom. The molecule has 2 aromatic rings. The van der Waals surface area contributed by atoms with Gasteiger partial charge in [-0.15, -0.1) is 0 Å². The third-order valence-corrected chi connectivity index (χ3v) is 3.21. The molecule has 0 radical (unpaired) electrons. The first kappa shape index (κ1) is 13.4. The molecule has 0 aliphatic carbocycles. The molecule has 0 spiro atoms. The maximum atomic E-state index is 6.15. The average molecular weight is 290 g/mol. The molecule has 2 heterocycles. The van der Waals surface area contributed by atoms with Crippen LogP contribution in [-0.4, -0.2) is 23.5 Å². The first-order valence-electron chi connectivity index (χ1n) is 5.33. The fourth-order valence-corrected chi connectivity index (χ4v) is 2.20. The van der Waals surface area contributed by atoms with Crippen LogP contribution in [0, 0.1) is 0 Å². The maximum absolute atomic E-state index is 6.15. The van der Waals surface area contributed by atoms with Crippen LogP contribution in [0.4, 0.5) is 0 Å². The Hall–Kier alpha value is -1.01. The topological polar surface area (TPSA) is 66.2 Å². The minimum Gasteiger partial charge on any atom is -0.453 e. The van der Waals surface area contributed by atoms with Crippen LogP contribution in [0.2, 0.25) is 10.2 Å². The van der Waals surface area contributed by atoms with Crippen molar-refractivity contribution >= 4 is 23.2 Å². The smallest absolute Gasteiger partial charge is 0.198 e. The van der Waals surface area contributed by atoms with Gasteiger partial charge in [0.1, 0.15) is 0 Å². The number of ether oxygens (including phenoxy) is 1. The number of halogens is 2. The summed E-state index contributed by atoms with van der Waals surface area (Å²) in [6, 6.07) is 1.24. The first-order chi connectivity index (χ1) is 8.65. The van der Waals surface area contributed by atoms with Crippen molar-refractivity contribution in [3.63, 3.8) is 0 Å². The molecule has 1 unspecified atom stereocenters. The summed E-state index contributed by atoms with van der Waals surface area (Å²) >= 11 is 12.0. The molecule has 2 aromatic heterocycles. The van der Waals surface area contributed by atoms with Crippen LogP contribution in [0.1, 0.15) is 17.3 Å². The summed E-state index contributed by atoms with van der Waals surface area (Å²) in [4.78, 5) is 0. The molecule has 98 valence electrons. The van der Waals surface area contributed by atoms with Gasteiger partial charge in [-0.2, -0.15) is 5.10 Å². The molecule has 7 heteroatoms. The first-order valence-corrected chi connectivity index (χ1v) is 6.09. The molecule has 0 saturated heterocycles. The molecule has 0 bridgehead atoms. The number of aromatic nitrogens is 2. The van der Waals surface area contributed by atoms with Gasteiger partial charge < -0.3 is 14.9 Å². The summed E-state index contributed by atoms with van der Waals surface area (Å²) in [7, 11) is 1.62. The van der Waals surface area contributed by atoms with Gasteiger partial charge in [0.25, 0.3) is 0 Å². The average Bonchev–Trinajstić information content (AvgIpc) is 2.92. The molecule has 1 atom stereocenters. The fraction of sp³-hybridized carbons (Fsp3) is 0.364. The van der Waals surface area contributed by atoms with E-state index in [-0.39, 0.29) is 5.22 Å². The molecule has 0 saturated carbocycles. The van der Waals surface area contributed by atoms with Gasteiger partial charge in [0.05, 0.1) is 42.4 Å². The SMILES string of the molecule is COCCn1ncc(Cl)c1C(N)c1ccoc1Cl. The van der Waals surface area contributed by atoms with E-state index in [1.165, 1.54) is 6.26 Å². The second kappa shape index (κ2) is 5.75. The lowest BCUT2D eigenvalue weighted by molar-refractivity contribution is 0.182. The van der Waals surface area contributed by atoms with E-state index in [1.807, 2.05) is 0 Å². The summed E-state index contributed by atoms with van der Waals surface area (Å²) in [6.07, 6.45) is 3.04. The molecule has 2 N–H and O–H groups in total.